The molecule has 0 aromatic heterocycles. The van der Waals surface area contributed by atoms with Crippen molar-refractivity contribution in [3.8, 4) is 11.5 Å². The van der Waals surface area contributed by atoms with Gasteiger partial charge in [-0.3, -0.25) is 14.9 Å². The Morgan fingerprint density at radius 1 is 0.872 bits per heavy atom. The SMILES string of the molecule is CCCOc1ccc(N2C(=O)NC(=O)/C(=C/c3c(OCc4ccc(Cl)cc4)ccc4ccccc34)C2=O)cc1. The standard InChI is InChI=1S/C31H25ClN2O5/c1-2-17-38-24-14-12-23(13-15-24)34-30(36)27(29(35)33-31(34)37)18-26-25-6-4-3-5-21(25)9-16-28(26)39-19-20-7-10-22(32)11-8-20/h3-16,18H,2,17,19H2,1H3,(H,33,35,37)/b27-18-. The van der Waals surface area contributed by atoms with Gasteiger partial charge in [-0.2, -0.15) is 0 Å². The van der Waals surface area contributed by atoms with Gasteiger partial charge in [-0.25, -0.2) is 9.69 Å². The van der Waals surface area contributed by atoms with Crippen LogP contribution >= 0.6 is 11.6 Å². The van der Waals surface area contributed by atoms with Gasteiger partial charge in [-0.15, -0.1) is 0 Å². The first kappa shape index (κ1) is 26.0. The van der Waals surface area contributed by atoms with Crippen LogP contribution in [0, 0.1) is 0 Å². The van der Waals surface area contributed by atoms with Gasteiger partial charge < -0.3 is 9.47 Å². The van der Waals surface area contributed by atoms with E-state index in [1.54, 1.807) is 42.5 Å². The average Bonchev–Trinajstić information content (AvgIpc) is 2.94. The van der Waals surface area contributed by atoms with E-state index in [0.29, 0.717) is 34.4 Å². The van der Waals surface area contributed by atoms with Crippen molar-refractivity contribution in [2.75, 3.05) is 11.5 Å². The molecule has 1 aliphatic heterocycles. The van der Waals surface area contributed by atoms with Crippen molar-refractivity contribution in [1.82, 2.24) is 5.32 Å². The molecule has 0 atom stereocenters. The lowest BCUT2D eigenvalue weighted by Gasteiger charge is -2.26. The number of barbiturate groups is 1. The van der Waals surface area contributed by atoms with E-state index in [9.17, 15) is 14.4 Å². The number of anilines is 1. The number of hydrogen-bond donors (Lipinski definition) is 1. The number of benzene rings is 4. The van der Waals surface area contributed by atoms with Crippen LogP contribution in [0.15, 0.2) is 90.5 Å². The molecule has 4 aromatic rings. The smallest absolute Gasteiger partial charge is 0.335 e. The van der Waals surface area contributed by atoms with Crippen LogP contribution in [0.3, 0.4) is 0 Å². The van der Waals surface area contributed by atoms with Crippen molar-refractivity contribution in [2.45, 2.75) is 20.0 Å². The minimum absolute atomic E-state index is 0.186. The average molecular weight is 541 g/mol. The Bertz CT molecular complexity index is 1580. The summed E-state index contributed by atoms with van der Waals surface area (Å²) in [4.78, 5) is 40.1. The number of nitrogens with zero attached hydrogens (tertiary/aromatic N) is 1. The highest BCUT2D eigenvalue weighted by Crippen LogP contribution is 2.32. The van der Waals surface area contributed by atoms with Gasteiger partial charge >= 0.3 is 6.03 Å². The van der Waals surface area contributed by atoms with Crippen LogP contribution in [-0.4, -0.2) is 24.5 Å². The Balaban J connectivity index is 1.51. The molecule has 0 saturated carbocycles. The molecule has 0 radical (unpaired) electrons. The number of ether oxygens (including phenoxy) is 2. The quantitative estimate of drug-likeness (QED) is 0.203. The largest absolute Gasteiger partial charge is 0.494 e. The summed E-state index contributed by atoms with van der Waals surface area (Å²) in [6.07, 6.45) is 2.33. The first-order valence-electron chi connectivity index (χ1n) is 12.5. The summed E-state index contributed by atoms with van der Waals surface area (Å²) >= 11 is 6.00. The third kappa shape index (κ3) is 5.63. The molecule has 39 heavy (non-hydrogen) atoms. The second-order valence-corrected chi connectivity index (χ2v) is 9.35. The van der Waals surface area contributed by atoms with Crippen molar-refractivity contribution < 1.29 is 23.9 Å². The molecule has 1 N–H and O–H groups in total. The fourth-order valence-electron chi connectivity index (χ4n) is 4.24. The summed E-state index contributed by atoms with van der Waals surface area (Å²) in [6.45, 7) is 2.81. The van der Waals surface area contributed by atoms with E-state index in [0.717, 1.165) is 27.7 Å². The minimum Gasteiger partial charge on any atom is -0.494 e. The van der Waals surface area contributed by atoms with Crippen LogP contribution in [0.4, 0.5) is 10.5 Å². The molecule has 1 fully saturated rings. The molecule has 1 heterocycles. The molecular formula is C31H25ClN2O5. The molecule has 4 amide bonds. The predicted molar refractivity (Wildman–Crippen MR) is 151 cm³/mol. The van der Waals surface area contributed by atoms with E-state index >= 15 is 0 Å². The zero-order valence-electron chi connectivity index (χ0n) is 21.1. The normalized spacial score (nSPS) is 14.6. The Hall–Kier alpha value is -4.62. The van der Waals surface area contributed by atoms with Gasteiger partial charge in [0, 0.05) is 10.6 Å². The van der Waals surface area contributed by atoms with Gasteiger partial charge in [0.1, 0.15) is 23.7 Å². The predicted octanol–water partition coefficient (Wildman–Crippen LogP) is 6.53. The van der Waals surface area contributed by atoms with Crippen LogP contribution in [0.25, 0.3) is 16.8 Å². The number of carbonyl (C=O) groups is 3. The van der Waals surface area contributed by atoms with Gasteiger partial charge in [0.15, 0.2) is 0 Å². The fraction of sp³-hybridized carbons (Fsp3) is 0.129. The van der Waals surface area contributed by atoms with Crippen LogP contribution in [0.5, 0.6) is 11.5 Å². The van der Waals surface area contributed by atoms with E-state index in [1.807, 2.05) is 49.4 Å². The zero-order valence-corrected chi connectivity index (χ0v) is 21.9. The third-order valence-corrected chi connectivity index (χ3v) is 6.45. The molecule has 0 bridgehead atoms. The van der Waals surface area contributed by atoms with Gasteiger partial charge in [0.2, 0.25) is 0 Å². The maximum absolute atomic E-state index is 13.6. The Morgan fingerprint density at radius 2 is 1.62 bits per heavy atom. The highest BCUT2D eigenvalue weighted by molar-refractivity contribution is 6.39. The number of amides is 4. The summed E-state index contributed by atoms with van der Waals surface area (Å²) in [7, 11) is 0. The second-order valence-electron chi connectivity index (χ2n) is 8.91. The fourth-order valence-corrected chi connectivity index (χ4v) is 4.37. The summed E-state index contributed by atoms with van der Waals surface area (Å²) in [5, 5.41) is 4.60. The Morgan fingerprint density at radius 3 is 2.36 bits per heavy atom. The van der Waals surface area contributed by atoms with Gasteiger partial charge in [0.25, 0.3) is 11.8 Å². The number of nitrogens with one attached hydrogen (secondary N) is 1. The number of urea groups is 1. The van der Waals surface area contributed by atoms with Gasteiger partial charge in [0.05, 0.1) is 12.3 Å². The molecule has 1 aliphatic rings. The number of hydrogen-bond acceptors (Lipinski definition) is 5. The van der Waals surface area contributed by atoms with Crippen molar-refractivity contribution in [2.24, 2.45) is 0 Å². The Kier molecular flexibility index (Phi) is 7.61. The van der Waals surface area contributed by atoms with Gasteiger partial charge in [-0.1, -0.05) is 61.0 Å². The monoisotopic (exact) mass is 540 g/mol. The van der Waals surface area contributed by atoms with E-state index in [-0.39, 0.29) is 12.2 Å². The van der Waals surface area contributed by atoms with E-state index in [1.165, 1.54) is 6.08 Å². The number of imide groups is 2. The first-order chi connectivity index (χ1) is 18.9. The molecule has 196 valence electrons. The maximum Gasteiger partial charge on any atom is 0.335 e. The molecular weight excluding hydrogens is 516 g/mol. The highest BCUT2D eigenvalue weighted by Gasteiger charge is 2.37. The highest BCUT2D eigenvalue weighted by atomic mass is 35.5. The van der Waals surface area contributed by atoms with Crippen molar-refractivity contribution in [1.29, 1.82) is 0 Å². The van der Waals surface area contributed by atoms with Crippen molar-refractivity contribution in [3.05, 3.63) is 107 Å². The molecule has 4 aromatic carbocycles. The van der Waals surface area contributed by atoms with Crippen LogP contribution in [0.2, 0.25) is 5.02 Å². The van der Waals surface area contributed by atoms with Gasteiger partial charge in [-0.05, 0) is 71.3 Å². The summed E-state index contributed by atoms with van der Waals surface area (Å²) in [5.74, 6) is -0.406. The number of halogens is 1. The van der Waals surface area contributed by atoms with Crippen LogP contribution < -0.4 is 19.7 Å². The molecule has 0 unspecified atom stereocenters. The second kappa shape index (κ2) is 11.4. The van der Waals surface area contributed by atoms with Crippen LogP contribution in [0.1, 0.15) is 24.5 Å². The van der Waals surface area contributed by atoms with Crippen molar-refractivity contribution in [3.63, 3.8) is 0 Å². The van der Waals surface area contributed by atoms with Crippen molar-refractivity contribution >= 4 is 52.0 Å². The lowest BCUT2D eigenvalue weighted by Crippen LogP contribution is -2.54. The topological polar surface area (TPSA) is 84.9 Å². The number of rotatable bonds is 8. The molecule has 7 nitrogen and oxygen atoms in total. The van der Waals surface area contributed by atoms with Crippen LogP contribution in [-0.2, 0) is 16.2 Å². The lowest BCUT2D eigenvalue weighted by atomic mass is 9.99. The van der Waals surface area contributed by atoms with E-state index in [2.05, 4.69) is 5.32 Å². The van der Waals surface area contributed by atoms with E-state index < -0.39 is 17.8 Å². The third-order valence-electron chi connectivity index (χ3n) is 6.20. The number of carbonyl (C=O) groups excluding carboxylic acids is 3. The van der Waals surface area contributed by atoms with E-state index in [4.69, 9.17) is 21.1 Å². The zero-order chi connectivity index (χ0) is 27.4. The lowest BCUT2D eigenvalue weighted by molar-refractivity contribution is -0.122. The summed E-state index contributed by atoms with van der Waals surface area (Å²) < 4.78 is 11.7. The maximum atomic E-state index is 13.6. The Labute approximate surface area is 230 Å². The molecule has 0 spiro atoms. The molecule has 1 saturated heterocycles. The summed E-state index contributed by atoms with van der Waals surface area (Å²) in [6, 6.07) is 24.3. The molecule has 0 aliphatic carbocycles. The molecule has 5 rings (SSSR count). The first-order valence-corrected chi connectivity index (χ1v) is 12.9. The molecule has 8 heteroatoms. The minimum atomic E-state index is -0.818. The number of fused-ring (bicyclic) bond motifs is 1. The summed E-state index contributed by atoms with van der Waals surface area (Å²) in [5.41, 5.74) is 1.59.